The fourth-order valence-electron chi connectivity index (χ4n) is 2.33. The number of hydrogen-bond acceptors (Lipinski definition) is 4. The summed E-state index contributed by atoms with van der Waals surface area (Å²) >= 11 is 0. The van der Waals surface area contributed by atoms with Crippen LogP contribution in [0.5, 0.6) is 0 Å². The van der Waals surface area contributed by atoms with E-state index in [9.17, 15) is 9.59 Å². The van der Waals surface area contributed by atoms with Gasteiger partial charge in [-0.15, -0.1) is 0 Å². The van der Waals surface area contributed by atoms with Gasteiger partial charge >= 0.3 is 5.97 Å². The van der Waals surface area contributed by atoms with E-state index in [2.05, 4.69) is 4.90 Å². The molecule has 4 heteroatoms. The molecule has 0 N–H and O–H groups in total. The van der Waals surface area contributed by atoms with Crippen LogP contribution in [0.2, 0.25) is 0 Å². The summed E-state index contributed by atoms with van der Waals surface area (Å²) in [7, 11) is 1.43. The lowest BCUT2D eigenvalue weighted by Crippen LogP contribution is -2.36. The van der Waals surface area contributed by atoms with E-state index in [1.165, 1.54) is 7.11 Å². The van der Waals surface area contributed by atoms with E-state index in [1.54, 1.807) is 6.07 Å². The number of aldehydes is 1. The van der Waals surface area contributed by atoms with Crippen molar-refractivity contribution in [1.82, 2.24) is 0 Å². The molecule has 0 amide bonds. The molecule has 2 rings (SSSR count). The van der Waals surface area contributed by atoms with E-state index in [1.807, 2.05) is 18.2 Å². The second kappa shape index (κ2) is 5.67. The molecule has 0 radical (unpaired) electrons. The Kier molecular flexibility index (Phi) is 3.97. The number of anilines is 1. The van der Waals surface area contributed by atoms with Gasteiger partial charge in [0.15, 0.2) is 0 Å². The Labute approximate surface area is 107 Å². The summed E-state index contributed by atoms with van der Waals surface area (Å²) in [5.41, 5.74) is 1.73. The van der Waals surface area contributed by atoms with Gasteiger partial charge in [0, 0.05) is 24.3 Å². The predicted octanol–water partition coefficient (Wildman–Crippen LogP) is 1.89. The molecule has 1 fully saturated rings. The summed E-state index contributed by atoms with van der Waals surface area (Å²) in [5.74, 6) is -0.100. The molecule has 0 unspecified atom stereocenters. The fraction of sp³-hybridized carbons (Fsp3) is 0.429. The van der Waals surface area contributed by atoms with Crippen molar-refractivity contribution in [3.63, 3.8) is 0 Å². The van der Waals surface area contributed by atoms with Gasteiger partial charge in [0.2, 0.25) is 0 Å². The van der Waals surface area contributed by atoms with Crippen molar-refractivity contribution in [2.75, 3.05) is 25.1 Å². The number of rotatable bonds is 3. The standard InChI is InChI=1S/C14H17NO3/c1-18-14(17)12-5-7-15(8-6-12)13-4-2-3-11(9-13)10-16/h2-4,9-10,12H,5-8H2,1H3. The third kappa shape index (κ3) is 2.70. The van der Waals surface area contributed by atoms with Gasteiger partial charge < -0.3 is 9.64 Å². The van der Waals surface area contributed by atoms with Crippen molar-refractivity contribution in [3.05, 3.63) is 29.8 Å². The lowest BCUT2D eigenvalue weighted by Gasteiger charge is -2.32. The molecule has 96 valence electrons. The highest BCUT2D eigenvalue weighted by Crippen LogP contribution is 2.24. The van der Waals surface area contributed by atoms with Gasteiger partial charge in [-0.3, -0.25) is 9.59 Å². The molecule has 4 nitrogen and oxygen atoms in total. The lowest BCUT2D eigenvalue weighted by molar-refractivity contribution is -0.146. The van der Waals surface area contributed by atoms with Crippen molar-refractivity contribution in [2.24, 2.45) is 5.92 Å². The second-order valence-corrected chi connectivity index (χ2v) is 4.50. The number of esters is 1. The zero-order chi connectivity index (χ0) is 13.0. The minimum absolute atomic E-state index is 0.0144. The highest BCUT2D eigenvalue weighted by molar-refractivity contribution is 5.77. The Morgan fingerprint density at radius 2 is 2.11 bits per heavy atom. The van der Waals surface area contributed by atoms with Crippen molar-refractivity contribution in [1.29, 1.82) is 0 Å². The molecular formula is C14H17NO3. The number of piperidine rings is 1. The molecule has 18 heavy (non-hydrogen) atoms. The number of carbonyl (C=O) groups excluding carboxylic acids is 2. The van der Waals surface area contributed by atoms with Crippen LogP contribution in [0.3, 0.4) is 0 Å². The zero-order valence-electron chi connectivity index (χ0n) is 10.5. The van der Waals surface area contributed by atoms with Gasteiger partial charge in [-0.25, -0.2) is 0 Å². The molecule has 1 aromatic rings. The molecule has 1 saturated heterocycles. The number of hydrogen-bond donors (Lipinski definition) is 0. The van der Waals surface area contributed by atoms with Crippen LogP contribution >= 0.6 is 0 Å². The van der Waals surface area contributed by atoms with Gasteiger partial charge in [0.1, 0.15) is 6.29 Å². The van der Waals surface area contributed by atoms with Crippen LogP contribution in [0.4, 0.5) is 5.69 Å². The average Bonchev–Trinajstić information content (AvgIpc) is 2.46. The van der Waals surface area contributed by atoms with Gasteiger partial charge in [-0.2, -0.15) is 0 Å². The van der Waals surface area contributed by atoms with Gasteiger partial charge in [-0.1, -0.05) is 12.1 Å². The number of methoxy groups -OCH3 is 1. The normalized spacial score (nSPS) is 16.4. The van der Waals surface area contributed by atoms with E-state index < -0.39 is 0 Å². The van der Waals surface area contributed by atoms with E-state index in [0.717, 1.165) is 37.9 Å². The summed E-state index contributed by atoms with van der Waals surface area (Å²) in [4.78, 5) is 24.4. The molecular weight excluding hydrogens is 230 g/mol. The number of nitrogens with zero attached hydrogens (tertiary/aromatic N) is 1. The van der Waals surface area contributed by atoms with Gasteiger partial charge in [-0.05, 0) is 25.0 Å². The average molecular weight is 247 g/mol. The lowest BCUT2D eigenvalue weighted by atomic mass is 9.96. The van der Waals surface area contributed by atoms with Gasteiger partial charge in [0.05, 0.1) is 13.0 Å². The molecule has 0 aliphatic carbocycles. The minimum atomic E-state index is -0.115. The van der Waals surface area contributed by atoms with Crippen LogP contribution in [-0.2, 0) is 9.53 Å². The third-order valence-electron chi connectivity index (χ3n) is 3.40. The Balaban J connectivity index is 2.00. The highest BCUT2D eigenvalue weighted by Gasteiger charge is 2.25. The molecule has 0 spiro atoms. The van der Waals surface area contributed by atoms with Crippen LogP contribution in [-0.4, -0.2) is 32.5 Å². The first-order chi connectivity index (χ1) is 8.74. The SMILES string of the molecule is COC(=O)C1CCN(c2cccc(C=O)c2)CC1. The van der Waals surface area contributed by atoms with Crippen LogP contribution < -0.4 is 4.90 Å². The first kappa shape index (κ1) is 12.6. The van der Waals surface area contributed by atoms with Crippen molar-refractivity contribution < 1.29 is 14.3 Å². The predicted molar refractivity (Wildman–Crippen MR) is 68.8 cm³/mol. The van der Waals surface area contributed by atoms with Crippen LogP contribution in [0.15, 0.2) is 24.3 Å². The topological polar surface area (TPSA) is 46.6 Å². The van der Waals surface area contributed by atoms with Crippen molar-refractivity contribution in [2.45, 2.75) is 12.8 Å². The maximum Gasteiger partial charge on any atom is 0.308 e. The summed E-state index contributed by atoms with van der Waals surface area (Å²) in [6, 6.07) is 7.54. The Bertz CT molecular complexity index is 436. The minimum Gasteiger partial charge on any atom is -0.469 e. The first-order valence-corrected chi connectivity index (χ1v) is 6.12. The number of benzene rings is 1. The van der Waals surface area contributed by atoms with E-state index >= 15 is 0 Å². The van der Waals surface area contributed by atoms with E-state index in [4.69, 9.17) is 4.74 Å². The molecule has 1 aliphatic rings. The van der Waals surface area contributed by atoms with E-state index in [0.29, 0.717) is 5.56 Å². The fourth-order valence-corrected chi connectivity index (χ4v) is 2.33. The van der Waals surface area contributed by atoms with Crippen LogP contribution in [0, 0.1) is 5.92 Å². The largest absolute Gasteiger partial charge is 0.469 e. The zero-order valence-corrected chi connectivity index (χ0v) is 10.5. The molecule has 1 aliphatic heterocycles. The first-order valence-electron chi connectivity index (χ1n) is 6.12. The molecule has 0 bridgehead atoms. The molecule has 0 atom stereocenters. The van der Waals surface area contributed by atoms with Crippen molar-refractivity contribution >= 4 is 17.9 Å². The molecule has 1 aromatic carbocycles. The Morgan fingerprint density at radius 3 is 2.72 bits per heavy atom. The monoisotopic (exact) mass is 247 g/mol. The van der Waals surface area contributed by atoms with Crippen LogP contribution in [0.1, 0.15) is 23.2 Å². The third-order valence-corrected chi connectivity index (χ3v) is 3.40. The quantitative estimate of drug-likeness (QED) is 0.604. The van der Waals surface area contributed by atoms with Gasteiger partial charge in [0.25, 0.3) is 0 Å². The van der Waals surface area contributed by atoms with Crippen molar-refractivity contribution in [3.8, 4) is 0 Å². The summed E-state index contributed by atoms with van der Waals surface area (Å²) in [5, 5.41) is 0. The molecule has 0 saturated carbocycles. The summed E-state index contributed by atoms with van der Waals surface area (Å²) in [6.45, 7) is 1.64. The number of carbonyl (C=O) groups is 2. The number of ether oxygens (including phenoxy) is 1. The maximum absolute atomic E-state index is 11.4. The maximum atomic E-state index is 11.4. The Hall–Kier alpha value is -1.84. The molecule has 1 heterocycles. The van der Waals surface area contributed by atoms with E-state index in [-0.39, 0.29) is 11.9 Å². The smallest absolute Gasteiger partial charge is 0.308 e. The molecule has 0 aromatic heterocycles. The van der Waals surface area contributed by atoms with Crippen LogP contribution in [0.25, 0.3) is 0 Å². The second-order valence-electron chi connectivity index (χ2n) is 4.50. The Morgan fingerprint density at radius 1 is 1.39 bits per heavy atom. The summed E-state index contributed by atoms with van der Waals surface area (Å²) < 4.78 is 4.76. The highest BCUT2D eigenvalue weighted by atomic mass is 16.5. The summed E-state index contributed by atoms with van der Waals surface area (Å²) in [6.07, 6.45) is 2.46.